The molecule has 120 valence electrons. The highest BCUT2D eigenvalue weighted by molar-refractivity contribution is 6.31. The number of hydrazone groups is 1. The van der Waals surface area contributed by atoms with Crippen LogP contribution in [0.15, 0.2) is 47.6 Å². The van der Waals surface area contributed by atoms with Gasteiger partial charge in [-0.15, -0.1) is 0 Å². The molecule has 0 fully saturated rings. The van der Waals surface area contributed by atoms with Gasteiger partial charge in [0, 0.05) is 5.02 Å². The van der Waals surface area contributed by atoms with Gasteiger partial charge in [-0.25, -0.2) is 5.43 Å². The van der Waals surface area contributed by atoms with Crippen LogP contribution in [-0.4, -0.2) is 18.2 Å². The van der Waals surface area contributed by atoms with Crippen LogP contribution >= 0.6 is 11.6 Å². The van der Waals surface area contributed by atoms with Crippen LogP contribution in [-0.2, 0) is 4.79 Å². The summed E-state index contributed by atoms with van der Waals surface area (Å²) in [5.41, 5.74) is 5.42. The first kappa shape index (κ1) is 17.0. The molecule has 0 saturated heterocycles. The maximum absolute atomic E-state index is 12.0. The molecule has 0 aromatic heterocycles. The van der Waals surface area contributed by atoms with E-state index in [9.17, 15) is 4.79 Å². The average molecular weight is 331 g/mol. The highest BCUT2D eigenvalue weighted by Crippen LogP contribution is 2.21. The molecule has 2 rings (SSSR count). The summed E-state index contributed by atoms with van der Waals surface area (Å²) >= 11 is 5.97. The Kier molecular flexibility index (Phi) is 5.77. The lowest BCUT2D eigenvalue weighted by Crippen LogP contribution is -2.33. The van der Waals surface area contributed by atoms with Crippen LogP contribution < -0.4 is 10.2 Å². The van der Waals surface area contributed by atoms with E-state index >= 15 is 0 Å². The van der Waals surface area contributed by atoms with E-state index in [-0.39, 0.29) is 5.91 Å². The summed E-state index contributed by atoms with van der Waals surface area (Å²) in [5, 5.41) is 4.64. The molecule has 0 heterocycles. The zero-order valence-electron chi connectivity index (χ0n) is 13.3. The number of benzene rings is 2. The Hall–Kier alpha value is -2.33. The molecule has 1 amide bonds. The number of rotatable bonds is 5. The van der Waals surface area contributed by atoms with E-state index in [4.69, 9.17) is 16.3 Å². The lowest BCUT2D eigenvalue weighted by atomic mass is 10.1. The van der Waals surface area contributed by atoms with Gasteiger partial charge in [0.2, 0.25) is 0 Å². The van der Waals surface area contributed by atoms with Gasteiger partial charge in [0.1, 0.15) is 5.75 Å². The van der Waals surface area contributed by atoms with E-state index < -0.39 is 6.10 Å². The van der Waals surface area contributed by atoms with Gasteiger partial charge in [0.15, 0.2) is 6.10 Å². The van der Waals surface area contributed by atoms with Crippen LogP contribution in [0, 0.1) is 13.8 Å². The van der Waals surface area contributed by atoms with Crippen LogP contribution in [0.1, 0.15) is 23.6 Å². The highest BCUT2D eigenvalue weighted by Gasteiger charge is 2.14. The quantitative estimate of drug-likeness (QED) is 0.668. The molecule has 2 aromatic rings. The first-order valence-corrected chi connectivity index (χ1v) is 7.66. The first-order valence-electron chi connectivity index (χ1n) is 7.28. The number of amides is 1. The predicted molar refractivity (Wildman–Crippen MR) is 93.2 cm³/mol. The van der Waals surface area contributed by atoms with Gasteiger partial charge in [0.25, 0.3) is 5.91 Å². The van der Waals surface area contributed by atoms with E-state index in [2.05, 4.69) is 10.5 Å². The van der Waals surface area contributed by atoms with Crippen LogP contribution in [0.3, 0.4) is 0 Å². The molecule has 0 radical (unpaired) electrons. The normalized spacial score (nSPS) is 12.2. The summed E-state index contributed by atoms with van der Waals surface area (Å²) < 4.78 is 5.59. The Bertz CT molecular complexity index is 729. The zero-order chi connectivity index (χ0) is 16.8. The fourth-order valence-corrected chi connectivity index (χ4v) is 2.05. The fourth-order valence-electron chi connectivity index (χ4n) is 1.94. The van der Waals surface area contributed by atoms with Gasteiger partial charge >= 0.3 is 0 Å². The number of carbonyl (C=O) groups excluding carboxylic acids is 1. The van der Waals surface area contributed by atoms with E-state index in [1.807, 2.05) is 38.1 Å². The lowest BCUT2D eigenvalue weighted by molar-refractivity contribution is -0.127. The zero-order valence-corrected chi connectivity index (χ0v) is 14.1. The van der Waals surface area contributed by atoms with Crippen molar-refractivity contribution in [3.8, 4) is 5.75 Å². The maximum atomic E-state index is 12.0. The van der Waals surface area contributed by atoms with Gasteiger partial charge in [0.05, 0.1) is 6.21 Å². The van der Waals surface area contributed by atoms with Gasteiger partial charge < -0.3 is 4.74 Å². The second-order valence-corrected chi connectivity index (χ2v) is 5.67. The van der Waals surface area contributed by atoms with E-state index in [0.717, 1.165) is 16.7 Å². The number of carbonyl (C=O) groups is 1. The van der Waals surface area contributed by atoms with Crippen molar-refractivity contribution in [2.45, 2.75) is 26.9 Å². The Morgan fingerprint density at radius 3 is 2.65 bits per heavy atom. The number of hydrogen-bond acceptors (Lipinski definition) is 3. The summed E-state index contributed by atoms with van der Waals surface area (Å²) in [5.74, 6) is 0.278. The second-order valence-electron chi connectivity index (χ2n) is 5.26. The molecule has 0 aliphatic carbocycles. The van der Waals surface area contributed by atoms with Crippen molar-refractivity contribution in [2.75, 3.05) is 0 Å². The molecule has 0 aliphatic rings. The minimum absolute atomic E-state index is 0.317. The topological polar surface area (TPSA) is 50.7 Å². The molecule has 0 bridgehead atoms. The van der Waals surface area contributed by atoms with Gasteiger partial charge in [-0.2, -0.15) is 5.10 Å². The van der Waals surface area contributed by atoms with Crippen molar-refractivity contribution >= 4 is 23.7 Å². The van der Waals surface area contributed by atoms with Crippen LogP contribution in [0.4, 0.5) is 0 Å². The minimum atomic E-state index is -0.662. The van der Waals surface area contributed by atoms with Gasteiger partial charge in [-0.05, 0) is 55.7 Å². The van der Waals surface area contributed by atoms with Crippen molar-refractivity contribution in [1.82, 2.24) is 5.43 Å². The van der Waals surface area contributed by atoms with Crippen LogP contribution in [0.2, 0.25) is 5.02 Å². The monoisotopic (exact) mass is 330 g/mol. The molecular formula is C18H19ClN2O2. The standard InChI is InChI=1S/C18H19ClN2O2/c1-12-6-4-5-7-15(12)11-20-21-18(22)14(3)23-16-8-9-17(19)13(2)10-16/h4-11,14H,1-3H3,(H,21,22)/t14-/m1/s1. The Morgan fingerprint density at radius 2 is 1.96 bits per heavy atom. The number of ether oxygens (including phenoxy) is 1. The molecule has 0 aliphatic heterocycles. The molecular weight excluding hydrogens is 312 g/mol. The van der Waals surface area contributed by atoms with Crippen molar-refractivity contribution in [3.63, 3.8) is 0 Å². The smallest absolute Gasteiger partial charge is 0.280 e. The van der Waals surface area contributed by atoms with Crippen molar-refractivity contribution in [3.05, 3.63) is 64.2 Å². The maximum Gasteiger partial charge on any atom is 0.280 e. The lowest BCUT2D eigenvalue weighted by Gasteiger charge is -2.13. The van der Waals surface area contributed by atoms with E-state index in [1.54, 1.807) is 31.3 Å². The van der Waals surface area contributed by atoms with Crippen molar-refractivity contribution < 1.29 is 9.53 Å². The van der Waals surface area contributed by atoms with Gasteiger partial charge in [-0.3, -0.25) is 4.79 Å². The summed E-state index contributed by atoms with van der Waals surface area (Å²) in [6.07, 6.45) is 0.955. The molecule has 23 heavy (non-hydrogen) atoms. The Morgan fingerprint density at radius 1 is 1.22 bits per heavy atom. The number of halogens is 1. The SMILES string of the molecule is Cc1cc(O[C@H](C)C(=O)NN=Cc2ccccc2C)ccc1Cl. The van der Waals surface area contributed by atoms with Crippen molar-refractivity contribution in [2.24, 2.45) is 5.10 Å². The van der Waals surface area contributed by atoms with E-state index in [1.165, 1.54) is 0 Å². The molecule has 5 heteroatoms. The molecule has 2 aromatic carbocycles. The molecule has 4 nitrogen and oxygen atoms in total. The summed E-state index contributed by atoms with van der Waals surface area (Å²) in [6, 6.07) is 13.1. The second kappa shape index (κ2) is 7.79. The van der Waals surface area contributed by atoms with Gasteiger partial charge in [-0.1, -0.05) is 35.9 Å². The third kappa shape index (κ3) is 4.83. The van der Waals surface area contributed by atoms with Crippen LogP contribution in [0.25, 0.3) is 0 Å². The minimum Gasteiger partial charge on any atom is -0.481 e. The fraction of sp³-hybridized carbons (Fsp3) is 0.222. The Balaban J connectivity index is 1.92. The van der Waals surface area contributed by atoms with E-state index in [0.29, 0.717) is 10.8 Å². The molecule has 1 atom stereocenters. The summed E-state index contributed by atoms with van der Waals surface area (Å²) in [4.78, 5) is 12.0. The van der Waals surface area contributed by atoms with Crippen molar-refractivity contribution in [1.29, 1.82) is 0 Å². The highest BCUT2D eigenvalue weighted by atomic mass is 35.5. The first-order chi connectivity index (χ1) is 11.0. The summed E-state index contributed by atoms with van der Waals surface area (Å²) in [7, 11) is 0. The number of nitrogens with zero attached hydrogens (tertiary/aromatic N) is 1. The number of hydrogen-bond donors (Lipinski definition) is 1. The molecule has 0 spiro atoms. The average Bonchev–Trinajstić information content (AvgIpc) is 2.52. The number of aryl methyl sites for hydroxylation is 2. The molecule has 1 N–H and O–H groups in total. The predicted octanol–water partition coefficient (Wildman–Crippen LogP) is 3.87. The van der Waals surface area contributed by atoms with Crippen LogP contribution in [0.5, 0.6) is 5.75 Å². The third-order valence-electron chi connectivity index (χ3n) is 3.38. The Labute approximate surface area is 141 Å². The largest absolute Gasteiger partial charge is 0.481 e. The molecule has 0 unspecified atom stereocenters. The molecule has 0 saturated carbocycles. The summed E-state index contributed by atoms with van der Waals surface area (Å²) in [6.45, 7) is 5.53. The number of nitrogens with one attached hydrogen (secondary N) is 1. The third-order valence-corrected chi connectivity index (χ3v) is 3.80.